The maximum atomic E-state index is 12.2. The van der Waals surface area contributed by atoms with Crippen LogP contribution in [0.5, 0.6) is 0 Å². The van der Waals surface area contributed by atoms with E-state index in [9.17, 15) is 8.42 Å². The fraction of sp³-hybridized carbons (Fsp3) is 0.333. The Morgan fingerprint density at radius 3 is 2.57 bits per heavy atom. The molecule has 9 heteroatoms. The topological polar surface area (TPSA) is 98.0 Å². The predicted molar refractivity (Wildman–Crippen MR) is 85.3 cm³/mol. The van der Waals surface area contributed by atoms with Crippen molar-refractivity contribution in [3.63, 3.8) is 0 Å². The maximum absolute atomic E-state index is 12.2. The number of thiazole rings is 1. The molecule has 114 valence electrons. The first-order chi connectivity index (χ1) is 9.59. The monoisotopic (exact) mass is 346 g/mol. The van der Waals surface area contributed by atoms with Gasteiger partial charge in [-0.3, -0.25) is 4.72 Å². The van der Waals surface area contributed by atoms with E-state index in [0.29, 0.717) is 5.13 Å². The van der Waals surface area contributed by atoms with E-state index in [0.717, 1.165) is 11.9 Å². The zero-order chi connectivity index (χ0) is 15.8. The van der Waals surface area contributed by atoms with E-state index in [-0.39, 0.29) is 21.2 Å². The van der Waals surface area contributed by atoms with Crippen molar-refractivity contribution in [3.05, 3.63) is 28.4 Å². The highest BCUT2D eigenvalue weighted by Crippen LogP contribution is 2.28. The van der Waals surface area contributed by atoms with Gasteiger partial charge in [0.05, 0.1) is 10.7 Å². The molecule has 2 aromatic rings. The largest absolute Gasteiger partial charge is 0.382 e. The summed E-state index contributed by atoms with van der Waals surface area (Å²) >= 11 is 7.02. The molecule has 0 aliphatic rings. The second-order valence-corrected chi connectivity index (χ2v) is 8.38. The van der Waals surface area contributed by atoms with E-state index >= 15 is 0 Å². The summed E-state index contributed by atoms with van der Waals surface area (Å²) in [6, 6.07) is 1.25. The lowest BCUT2D eigenvalue weighted by molar-refractivity contribution is 0.573. The van der Waals surface area contributed by atoms with Crippen LogP contribution in [0.15, 0.2) is 22.5 Å². The van der Waals surface area contributed by atoms with Crippen LogP contribution in [0, 0.1) is 0 Å². The molecule has 0 amide bonds. The third-order valence-electron chi connectivity index (χ3n) is 2.65. The molecule has 0 atom stereocenters. The Hall–Kier alpha value is -1.38. The number of halogens is 1. The quantitative estimate of drug-likeness (QED) is 0.890. The molecule has 0 radical (unpaired) electrons. The molecule has 0 aliphatic carbocycles. The SMILES string of the molecule is CC(C)(C)c1csc(NS(=O)(=O)c2cnc(N)c(Cl)c2)n1. The zero-order valence-corrected chi connectivity index (χ0v) is 14.1. The molecule has 2 rings (SSSR count). The smallest absolute Gasteiger partial charge is 0.265 e. The van der Waals surface area contributed by atoms with Crippen molar-refractivity contribution in [1.82, 2.24) is 9.97 Å². The van der Waals surface area contributed by atoms with E-state index in [1.165, 1.54) is 17.4 Å². The molecule has 0 saturated heterocycles. The fourth-order valence-corrected chi connectivity index (χ4v) is 3.81. The van der Waals surface area contributed by atoms with Gasteiger partial charge in [0.2, 0.25) is 0 Å². The van der Waals surface area contributed by atoms with Crippen molar-refractivity contribution in [3.8, 4) is 0 Å². The second-order valence-electron chi connectivity index (χ2n) is 5.43. The Morgan fingerprint density at radius 1 is 1.38 bits per heavy atom. The van der Waals surface area contributed by atoms with Crippen LogP contribution < -0.4 is 10.5 Å². The van der Waals surface area contributed by atoms with Gasteiger partial charge in [-0.15, -0.1) is 11.3 Å². The Balaban J connectivity index is 2.29. The summed E-state index contributed by atoms with van der Waals surface area (Å²) in [6.45, 7) is 6.01. The van der Waals surface area contributed by atoms with Crippen LogP contribution >= 0.6 is 22.9 Å². The molecule has 2 heterocycles. The molecule has 6 nitrogen and oxygen atoms in total. The van der Waals surface area contributed by atoms with E-state index in [1.54, 1.807) is 0 Å². The van der Waals surface area contributed by atoms with Gasteiger partial charge < -0.3 is 5.73 Å². The molecule has 0 aliphatic heterocycles. The summed E-state index contributed by atoms with van der Waals surface area (Å²) in [5.41, 5.74) is 6.14. The Labute approximate surface area is 132 Å². The summed E-state index contributed by atoms with van der Waals surface area (Å²) in [7, 11) is -3.79. The minimum atomic E-state index is -3.79. The highest BCUT2D eigenvalue weighted by Gasteiger charge is 2.21. The molecule has 0 aromatic carbocycles. The van der Waals surface area contributed by atoms with Gasteiger partial charge in [-0.25, -0.2) is 18.4 Å². The number of nitrogen functional groups attached to an aromatic ring is 1. The first kappa shape index (κ1) is 16.0. The minimum Gasteiger partial charge on any atom is -0.382 e. The standard InChI is InChI=1S/C12H15ClN4O2S2/c1-12(2,3)9-6-20-11(16-9)17-21(18,19)7-4-8(13)10(14)15-5-7/h4-6H,1-3H3,(H2,14,15)(H,16,17). The van der Waals surface area contributed by atoms with Crippen LogP contribution in [0.1, 0.15) is 26.5 Å². The van der Waals surface area contributed by atoms with Gasteiger partial charge in [0.1, 0.15) is 10.7 Å². The number of nitrogens with zero attached hydrogens (tertiary/aromatic N) is 2. The highest BCUT2D eigenvalue weighted by molar-refractivity contribution is 7.93. The molecule has 0 saturated carbocycles. The molecule has 2 aromatic heterocycles. The number of rotatable bonds is 3. The average Bonchev–Trinajstić information content (AvgIpc) is 2.80. The summed E-state index contributed by atoms with van der Waals surface area (Å²) in [5.74, 6) is 0.0832. The van der Waals surface area contributed by atoms with Gasteiger partial charge in [-0.05, 0) is 6.07 Å². The first-order valence-corrected chi connectivity index (χ1v) is 8.73. The van der Waals surface area contributed by atoms with Crippen molar-refractivity contribution >= 4 is 43.9 Å². The van der Waals surface area contributed by atoms with Gasteiger partial charge in [0, 0.05) is 17.0 Å². The van der Waals surface area contributed by atoms with E-state index < -0.39 is 10.0 Å². The third kappa shape index (κ3) is 3.63. The number of sulfonamides is 1. The van der Waals surface area contributed by atoms with Crippen LogP contribution in [0.2, 0.25) is 5.02 Å². The summed E-state index contributed by atoms with van der Waals surface area (Å²) < 4.78 is 26.9. The first-order valence-electron chi connectivity index (χ1n) is 5.99. The van der Waals surface area contributed by atoms with Crippen molar-refractivity contribution in [2.24, 2.45) is 0 Å². The third-order valence-corrected chi connectivity index (χ3v) is 5.14. The van der Waals surface area contributed by atoms with Gasteiger partial charge >= 0.3 is 0 Å². The number of anilines is 2. The van der Waals surface area contributed by atoms with Gasteiger partial charge in [-0.2, -0.15) is 0 Å². The number of hydrogen-bond acceptors (Lipinski definition) is 6. The van der Waals surface area contributed by atoms with E-state index in [4.69, 9.17) is 17.3 Å². The summed E-state index contributed by atoms with van der Waals surface area (Å²) in [6.07, 6.45) is 1.15. The van der Waals surface area contributed by atoms with E-state index in [2.05, 4.69) is 14.7 Å². The van der Waals surface area contributed by atoms with Crippen LogP contribution in [0.25, 0.3) is 0 Å². The van der Waals surface area contributed by atoms with Gasteiger partial charge in [0.15, 0.2) is 5.13 Å². The number of pyridine rings is 1. The number of aromatic nitrogens is 2. The fourth-order valence-electron chi connectivity index (χ4n) is 1.42. The van der Waals surface area contributed by atoms with Crippen molar-refractivity contribution in [2.75, 3.05) is 10.5 Å². The number of hydrogen-bond donors (Lipinski definition) is 2. The van der Waals surface area contributed by atoms with Gasteiger partial charge in [0.25, 0.3) is 10.0 Å². The number of nitrogens with two attached hydrogens (primary N) is 1. The molecular weight excluding hydrogens is 332 g/mol. The Bertz CT molecular complexity index is 766. The predicted octanol–water partition coefficient (Wildman–Crippen LogP) is 2.87. The van der Waals surface area contributed by atoms with E-state index in [1.807, 2.05) is 26.2 Å². The normalized spacial score (nSPS) is 12.4. The Kier molecular flexibility index (Phi) is 4.14. The number of nitrogens with one attached hydrogen (secondary N) is 1. The van der Waals surface area contributed by atoms with Crippen LogP contribution in [0.3, 0.4) is 0 Å². The van der Waals surface area contributed by atoms with Crippen LogP contribution in [-0.4, -0.2) is 18.4 Å². The molecule has 0 bridgehead atoms. The van der Waals surface area contributed by atoms with Gasteiger partial charge in [-0.1, -0.05) is 32.4 Å². The van der Waals surface area contributed by atoms with Crippen molar-refractivity contribution in [1.29, 1.82) is 0 Å². The average molecular weight is 347 g/mol. The maximum Gasteiger partial charge on any atom is 0.265 e. The molecule has 0 unspecified atom stereocenters. The molecule has 21 heavy (non-hydrogen) atoms. The Morgan fingerprint density at radius 2 is 2.05 bits per heavy atom. The van der Waals surface area contributed by atoms with Crippen LogP contribution in [0.4, 0.5) is 10.9 Å². The zero-order valence-electron chi connectivity index (χ0n) is 11.7. The molecular formula is C12H15ClN4O2S2. The lowest BCUT2D eigenvalue weighted by Gasteiger charge is -2.14. The second kappa shape index (κ2) is 5.43. The molecule has 0 spiro atoms. The van der Waals surface area contributed by atoms with Crippen molar-refractivity contribution < 1.29 is 8.42 Å². The highest BCUT2D eigenvalue weighted by atomic mass is 35.5. The molecule has 3 N–H and O–H groups in total. The lowest BCUT2D eigenvalue weighted by Crippen LogP contribution is -2.15. The molecule has 0 fully saturated rings. The van der Waals surface area contributed by atoms with Crippen LogP contribution in [-0.2, 0) is 15.4 Å². The minimum absolute atomic E-state index is 0.0609. The van der Waals surface area contributed by atoms with Crippen molar-refractivity contribution in [2.45, 2.75) is 31.1 Å². The lowest BCUT2D eigenvalue weighted by atomic mass is 9.93. The summed E-state index contributed by atoms with van der Waals surface area (Å²) in [4.78, 5) is 7.96. The summed E-state index contributed by atoms with van der Waals surface area (Å²) in [5, 5.41) is 2.21.